The molecule has 0 bridgehead atoms. The Morgan fingerprint density at radius 1 is 1.44 bits per heavy atom. The SMILES string of the molecule is NCCCC(=O)NCc1ccc2oc(=O)[nH]c2c1. The zero-order valence-corrected chi connectivity index (χ0v) is 9.86. The van der Waals surface area contributed by atoms with E-state index in [1.54, 1.807) is 12.1 Å². The summed E-state index contributed by atoms with van der Waals surface area (Å²) in [6.45, 7) is 0.933. The van der Waals surface area contributed by atoms with Gasteiger partial charge in [-0.1, -0.05) is 6.07 Å². The summed E-state index contributed by atoms with van der Waals surface area (Å²) >= 11 is 0. The van der Waals surface area contributed by atoms with Gasteiger partial charge in [-0.25, -0.2) is 4.79 Å². The molecule has 18 heavy (non-hydrogen) atoms. The fraction of sp³-hybridized carbons (Fsp3) is 0.333. The Bertz CT molecular complexity index is 600. The first-order chi connectivity index (χ1) is 8.69. The van der Waals surface area contributed by atoms with E-state index >= 15 is 0 Å². The maximum absolute atomic E-state index is 11.4. The van der Waals surface area contributed by atoms with E-state index in [-0.39, 0.29) is 5.91 Å². The number of aromatic nitrogens is 1. The van der Waals surface area contributed by atoms with Crippen LogP contribution in [0.1, 0.15) is 18.4 Å². The summed E-state index contributed by atoms with van der Waals surface area (Å²) in [7, 11) is 0. The summed E-state index contributed by atoms with van der Waals surface area (Å²) in [5.74, 6) is -0.504. The first-order valence-corrected chi connectivity index (χ1v) is 5.77. The molecule has 2 aromatic rings. The largest absolute Gasteiger partial charge is 0.417 e. The van der Waals surface area contributed by atoms with Crippen LogP contribution in [0, 0.1) is 0 Å². The van der Waals surface area contributed by atoms with Gasteiger partial charge in [-0.2, -0.15) is 0 Å². The quantitative estimate of drug-likeness (QED) is 0.717. The molecule has 4 N–H and O–H groups in total. The number of carbonyl (C=O) groups excluding carboxylic acids is 1. The van der Waals surface area contributed by atoms with Crippen LogP contribution >= 0.6 is 0 Å². The third-order valence-corrected chi connectivity index (χ3v) is 2.58. The Morgan fingerprint density at radius 2 is 2.28 bits per heavy atom. The van der Waals surface area contributed by atoms with Crippen molar-refractivity contribution in [3.63, 3.8) is 0 Å². The summed E-state index contributed by atoms with van der Waals surface area (Å²) < 4.78 is 4.89. The molecule has 0 unspecified atom stereocenters. The summed E-state index contributed by atoms with van der Waals surface area (Å²) in [5, 5.41) is 2.79. The molecule has 1 aromatic carbocycles. The Labute approximate surface area is 103 Å². The van der Waals surface area contributed by atoms with Gasteiger partial charge in [0, 0.05) is 13.0 Å². The number of H-pyrrole nitrogens is 1. The Hall–Kier alpha value is -2.08. The normalized spacial score (nSPS) is 10.7. The van der Waals surface area contributed by atoms with E-state index in [1.165, 1.54) is 0 Å². The molecular weight excluding hydrogens is 234 g/mol. The molecule has 0 aliphatic rings. The minimum absolute atomic E-state index is 0.0266. The average molecular weight is 249 g/mol. The standard InChI is InChI=1S/C12H15N3O3/c13-5-1-2-11(16)14-7-8-3-4-10-9(6-8)15-12(17)18-10/h3-4,6H,1-2,5,7,13H2,(H,14,16)(H,15,17). The number of amides is 1. The van der Waals surface area contributed by atoms with Crippen molar-refractivity contribution in [3.05, 3.63) is 34.3 Å². The Balaban J connectivity index is 1.99. The molecule has 1 aromatic heterocycles. The lowest BCUT2D eigenvalue weighted by molar-refractivity contribution is -0.121. The molecule has 6 heteroatoms. The molecule has 0 saturated carbocycles. The molecule has 0 aliphatic heterocycles. The molecule has 0 fully saturated rings. The molecule has 1 amide bonds. The number of benzene rings is 1. The first kappa shape index (κ1) is 12.4. The Morgan fingerprint density at radius 3 is 3.06 bits per heavy atom. The van der Waals surface area contributed by atoms with Crippen LogP contribution in [0.2, 0.25) is 0 Å². The van der Waals surface area contributed by atoms with E-state index in [2.05, 4.69) is 10.3 Å². The van der Waals surface area contributed by atoms with Gasteiger partial charge in [-0.15, -0.1) is 0 Å². The summed E-state index contributed by atoms with van der Waals surface area (Å²) in [6, 6.07) is 5.29. The molecule has 0 spiro atoms. The molecule has 0 atom stereocenters. The molecule has 1 heterocycles. The number of hydrogen-bond donors (Lipinski definition) is 3. The van der Waals surface area contributed by atoms with Gasteiger partial charge in [0.25, 0.3) is 0 Å². The number of aromatic amines is 1. The van der Waals surface area contributed by atoms with Crippen LogP contribution in [-0.4, -0.2) is 17.4 Å². The molecule has 0 radical (unpaired) electrons. The highest BCUT2D eigenvalue weighted by atomic mass is 16.4. The van der Waals surface area contributed by atoms with Crippen LogP contribution < -0.4 is 16.8 Å². The van der Waals surface area contributed by atoms with Crippen molar-refractivity contribution >= 4 is 17.0 Å². The fourth-order valence-electron chi connectivity index (χ4n) is 1.66. The minimum Gasteiger partial charge on any atom is -0.408 e. The lowest BCUT2D eigenvalue weighted by Gasteiger charge is -2.04. The molecule has 0 aliphatic carbocycles. The first-order valence-electron chi connectivity index (χ1n) is 5.77. The lowest BCUT2D eigenvalue weighted by Crippen LogP contribution is -2.23. The van der Waals surface area contributed by atoms with E-state index in [4.69, 9.17) is 10.2 Å². The fourth-order valence-corrected chi connectivity index (χ4v) is 1.66. The van der Waals surface area contributed by atoms with Gasteiger partial charge in [0.2, 0.25) is 5.91 Å². The highest BCUT2D eigenvalue weighted by Crippen LogP contribution is 2.11. The number of nitrogens with one attached hydrogen (secondary N) is 2. The van der Waals surface area contributed by atoms with Gasteiger partial charge < -0.3 is 15.5 Å². The topological polar surface area (TPSA) is 101 Å². The third-order valence-electron chi connectivity index (χ3n) is 2.58. The summed E-state index contributed by atoms with van der Waals surface area (Å²) in [5.41, 5.74) is 7.37. The van der Waals surface area contributed by atoms with Gasteiger partial charge in [0.15, 0.2) is 5.58 Å². The van der Waals surface area contributed by atoms with E-state index in [1.807, 2.05) is 6.07 Å². The van der Waals surface area contributed by atoms with Crippen molar-refractivity contribution in [2.75, 3.05) is 6.54 Å². The van der Waals surface area contributed by atoms with Crippen LogP contribution in [-0.2, 0) is 11.3 Å². The van der Waals surface area contributed by atoms with E-state index < -0.39 is 5.76 Å². The Kier molecular flexibility index (Phi) is 3.78. The predicted molar refractivity (Wildman–Crippen MR) is 67.0 cm³/mol. The number of hydrogen-bond acceptors (Lipinski definition) is 4. The van der Waals surface area contributed by atoms with Gasteiger partial charge in [0.05, 0.1) is 5.52 Å². The highest BCUT2D eigenvalue weighted by molar-refractivity contribution is 5.76. The van der Waals surface area contributed by atoms with Crippen molar-refractivity contribution in [3.8, 4) is 0 Å². The average Bonchev–Trinajstić information content (AvgIpc) is 2.73. The smallest absolute Gasteiger partial charge is 0.408 e. The van der Waals surface area contributed by atoms with Gasteiger partial charge in [-0.05, 0) is 30.7 Å². The molecular formula is C12H15N3O3. The number of carbonyl (C=O) groups is 1. The molecule has 0 saturated heterocycles. The zero-order chi connectivity index (χ0) is 13.0. The van der Waals surface area contributed by atoms with Crippen molar-refractivity contribution in [2.45, 2.75) is 19.4 Å². The van der Waals surface area contributed by atoms with E-state index in [0.29, 0.717) is 37.0 Å². The lowest BCUT2D eigenvalue weighted by atomic mass is 10.2. The minimum atomic E-state index is -0.478. The maximum atomic E-state index is 11.4. The van der Waals surface area contributed by atoms with Crippen LogP contribution in [0.4, 0.5) is 0 Å². The van der Waals surface area contributed by atoms with Crippen molar-refractivity contribution in [2.24, 2.45) is 5.73 Å². The summed E-state index contributed by atoms with van der Waals surface area (Å²) in [6.07, 6.45) is 1.11. The molecule has 96 valence electrons. The molecule has 6 nitrogen and oxygen atoms in total. The highest BCUT2D eigenvalue weighted by Gasteiger charge is 2.04. The number of oxazole rings is 1. The van der Waals surface area contributed by atoms with Crippen LogP contribution in [0.15, 0.2) is 27.4 Å². The second-order valence-electron chi connectivity index (χ2n) is 4.01. The monoisotopic (exact) mass is 249 g/mol. The predicted octanol–water partition coefficient (Wildman–Crippen LogP) is 0.476. The van der Waals surface area contributed by atoms with Gasteiger partial charge in [0.1, 0.15) is 0 Å². The summed E-state index contributed by atoms with van der Waals surface area (Å²) in [4.78, 5) is 25.0. The van der Waals surface area contributed by atoms with Gasteiger partial charge >= 0.3 is 5.76 Å². The number of fused-ring (bicyclic) bond motifs is 1. The zero-order valence-electron chi connectivity index (χ0n) is 9.86. The van der Waals surface area contributed by atoms with Crippen LogP contribution in [0.5, 0.6) is 0 Å². The van der Waals surface area contributed by atoms with E-state index in [0.717, 1.165) is 5.56 Å². The van der Waals surface area contributed by atoms with Crippen molar-refractivity contribution < 1.29 is 9.21 Å². The number of rotatable bonds is 5. The van der Waals surface area contributed by atoms with Gasteiger partial charge in [-0.3, -0.25) is 9.78 Å². The van der Waals surface area contributed by atoms with Crippen molar-refractivity contribution in [1.29, 1.82) is 0 Å². The second-order valence-corrected chi connectivity index (χ2v) is 4.01. The number of nitrogens with two attached hydrogens (primary N) is 1. The van der Waals surface area contributed by atoms with Crippen molar-refractivity contribution in [1.82, 2.24) is 10.3 Å². The third kappa shape index (κ3) is 2.98. The molecule has 2 rings (SSSR count). The maximum Gasteiger partial charge on any atom is 0.417 e. The van der Waals surface area contributed by atoms with Crippen LogP contribution in [0.25, 0.3) is 11.1 Å². The van der Waals surface area contributed by atoms with E-state index in [9.17, 15) is 9.59 Å². The second kappa shape index (κ2) is 5.50. The van der Waals surface area contributed by atoms with Crippen LogP contribution in [0.3, 0.4) is 0 Å².